The minimum absolute atomic E-state index is 0.306. The van der Waals surface area contributed by atoms with E-state index in [1.54, 1.807) is 13.8 Å². The van der Waals surface area contributed by atoms with Crippen molar-refractivity contribution in [2.75, 3.05) is 12.3 Å². The number of hydrogen-bond acceptors (Lipinski definition) is 5. The molecule has 0 bridgehead atoms. The third-order valence-corrected chi connectivity index (χ3v) is 2.58. The topological polar surface area (TPSA) is 93.9 Å². The predicted molar refractivity (Wildman–Crippen MR) is 63.7 cm³/mol. The summed E-state index contributed by atoms with van der Waals surface area (Å²) in [6, 6.07) is 0. The van der Waals surface area contributed by atoms with Crippen LogP contribution in [0.25, 0.3) is 11.0 Å². The maximum atomic E-state index is 11.8. The molecule has 2 heterocycles. The summed E-state index contributed by atoms with van der Waals surface area (Å²) in [7, 11) is 0. The monoisotopic (exact) mass is 234 g/mol. The summed E-state index contributed by atoms with van der Waals surface area (Å²) in [5.74, 6) is -0.447. The fraction of sp³-hybridized carbons (Fsp3) is 0.364. The summed E-state index contributed by atoms with van der Waals surface area (Å²) in [4.78, 5) is 16.0. The summed E-state index contributed by atoms with van der Waals surface area (Å²) in [5, 5.41) is 7.50. The first-order valence-electron chi connectivity index (χ1n) is 5.34. The third kappa shape index (κ3) is 1.71. The first-order valence-corrected chi connectivity index (χ1v) is 5.34. The summed E-state index contributed by atoms with van der Waals surface area (Å²) < 4.78 is 4.97. The van der Waals surface area contributed by atoms with Gasteiger partial charge in [-0.05, 0) is 20.8 Å². The second-order valence-corrected chi connectivity index (χ2v) is 3.75. The Morgan fingerprint density at radius 2 is 2.18 bits per heavy atom. The zero-order chi connectivity index (χ0) is 12.6. The molecular formula is C11H14N4O2. The summed E-state index contributed by atoms with van der Waals surface area (Å²) in [6.07, 6.45) is 0. The van der Waals surface area contributed by atoms with E-state index >= 15 is 0 Å². The van der Waals surface area contributed by atoms with E-state index in [1.165, 1.54) is 0 Å². The number of carbonyl (C=O) groups excluding carboxylic acids is 1. The number of carbonyl (C=O) groups is 1. The van der Waals surface area contributed by atoms with Gasteiger partial charge in [0.1, 0.15) is 5.56 Å². The molecule has 6 nitrogen and oxygen atoms in total. The molecule has 0 saturated carbocycles. The van der Waals surface area contributed by atoms with Crippen molar-refractivity contribution in [1.29, 1.82) is 0 Å². The molecular weight excluding hydrogens is 220 g/mol. The highest BCUT2D eigenvalue weighted by Crippen LogP contribution is 2.27. The van der Waals surface area contributed by atoms with Crippen molar-refractivity contribution in [1.82, 2.24) is 15.2 Å². The number of H-pyrrole nitrogens is 1. The number of aryl methyl sites for hydroxylation is 2. The smallest absolute Gasteiger partial charge is 0.342 e. The lowest BCUT2D eigenvalue weighted by Gasteiger charge is -2.08. The number of fused-ring (bicyclic) bond motifs is 1. The zero-order valence-electron chi connectivity index (χ0n) is 10.00. The van der Waals surface area contributed by atoms with E-state index in [0.717, 1.165) is 5.69 Å². The Labute approximate surface area is 98.2 Å². The van der Waals surface area contributed by atoms with Crippen LogP contribution >= 0.6 is 0 Å². The lowest BCUT2D eigenvalue weighted by atomic mass is 10.1. The van der Waals surface area contributed by atoms with Crippen molar-refractivity contribution in [3.8, 4) is 0 Å². The van der Waals surface area contributed by atoms with Gasteiger partial charge in [0.25, 0.3) is 0 Å². The average Bonchev–Trinajstić information content (AvgIpc) is 2.60. The molecule has 90 valence electrons. The molecule has 0 fully saturated rings. The number of nitrogens with one attached hydrogen (secondary N) is 1. The van der Waals surface area contributed by atoms with Crippen LogP contribution in [0.5, 0.6) is 0 Å². The number of nitrogen functional groups attached to an aromatic ring is 1. The highest BCUT2D eigenvalue weighted by atomic mass is 16.5. The maximum Gasteiger partial charge on any atom is 0.342 e. The molecule has 0 atom stereocenters. The Morgan fingerprint density at radius 3 is 2.82 bits per heavy atom. The number of hydrogen-bond donors (Lipinski definition) is 2. The highest BCUT2D eigenvalue weighted by Gasteiger charge is 2.20. The second-order valence-electron chi connectivity index (χ2n) is 3.75. The number of aromatic nitrogens is 3. The minimum Gasteiger partial charge on any atom is -0.462 e. The quantitative estimate of drug-likeness (QED) is 0.764. The number of esters is 1. The summed E-state index contributed by atoms with van der Waals surface area (Å²) in [5.41, 5.74) is 8.53. The third-order valence-electron chi connectivity index (χ3n) is 2.58. The van der Waals surface area contributed by atoms with Crippen molar-refractivity contribution in [2.24, 2.45) is 0 Å². The second kappa shape index (κ2) is 4.04. The van der Waals surface area contributed by atoms with Crippen molar-refractivity contribution in [3.05, 3.63) is 17.0 Å². The molecule has 2 aromatic rings. The predicted octanol–water partition coefficient (Wildman–Crippen LogP) is 1.33. The first kappa shape index (κ1) is 11.4. The van der Waals surface area contributed by atoms with Crippen LogP contribution in [0.2, 0.25) is 0 Å². The maximum absolute atomic E-state index is 11.8. The van der Waals surface area contributed by atoms with Crippen LogP contribution < -0.4 is 5.73 Å². The number of ether oxygens (including phenoxy) is 1. The van der Waals surface area contributed by atoms with Gasteiger partial charge in [-0.25, -0.2) is 9.78 Å². The number of aromatic amines is 1. The Bertz CT molecular complexity index is 589. The molecule has 2 rings (SSSR count). The van der Waals surface area contributed by atoms with Gasteiger partial charge >= 0.3 is 5.97 Å². The Hall–Kier alpha value is -2.11. The molecule has 17 heavy (non-hydrogen) atoms. The van der Waals surface area contributed by atoms with Crippen LogP contribution in [-0.4, -0.2) is 27.8 Å². The van der Waals surface area contributed by atoms with Gasteiger partial charge < -0.3 is 10.5 Å². The molecule has 2 aromatic heterocycles. The van der Waals surface area contributed by atoms with E-state index < -0.39 is 5.97 Å². The molecule has 0 saturated heterocycles. The Kier molecular flexibility index (Phi) is 2.71. The van der Waals surface area contributed by atoms with Gasteiger partial charge in [-0.15, -0.1) is 0 Å². The Morgan fingerprint density at radius 1 is 1.47 bits per heavy atom. The molecule has 0 aliphatic carbocycles. The van der Waals surface area contributed by atoms with Crippen molar-refractivity contribution in [3.63, 3.8) is 0 Å². The van der Waals surface area contributed by atoms with Crippen LogP contribution in [0.1, 0.15) is 28.7 Å². The fourth-order valence-electron chi connectivity index (χ4n) is 1.82. The number of pyridine rings is 1. The van der Waals surface area contributed by atoms with Gasteiger partial charge in [0.15, 0.2) is 5.65 Å². The van der Waals surface area contributed by atoms with Crippen LogP contribution in [0.4, 0.5) is 5.69 Å². The van der Waals surface area contributed by atoms with Gasteiger partial charge in [-0.3, -0.25) is 5.10 Å². The van der Waals surface area contributed by atoms with E-state index in [-0.39, 0.29) is 0 Å². The van der Waals surface area contributed by atoms with Gasteiger partial charge in [0.2, 0.25) is 0 Å². The van der Waals surface area contributed by atoms with E-state index in [1.807, 2.05) is 6.92 Å². The average molecular weight is 234 g/mol. The molecule has 6 heteroatoms. The lowest BCUT2D eigenvalue weighted by Crippen LogP contribution is -2.11. The molecule has 0 radical (unpaired) electrons. The number of anilines is 1. The van der Waals surface area contributed by atoms with Crippen molar-refractivity contribution in [2.45, 2.75) is 20.8 Å². The van der Waals surface area contributed by atoms with Crippen LogP contribution in [0.15, 0.2) is 0 Å². The minimum atomic E-state index is -0.447. The van der Waals surface area contributed by atoms with Crippen LogP contribution in [-0.2, 0) is 4.74 Å². The lowest BCUT2D eigenvalue weighted by molar-refractivity contribution is 0.0526. The largest absolute Gasteiger partial charge is 0.462 e. The van der Waals surface area contributed by atoms with Gasteiger partial charge in [0.05, 0.1) is 23.4 Å². The first-order chi connectivity index (χ1) is 8.06. The zero-order valence-corrected chi connectivity index (χ0v) is 10.00. The SMILES string of the molecule is CCOC(=O)c1c(C)nc2n[nH]c(C)c2c1N. The number of rotatable bonds is 2. The van der Waals surface area contributed by atoms with Crippen LogP contribution in [0, 0.1) is 13.8 Å². The van der Waals surface area contributed by atoms with Crippen molar-refractivity contribution >= 4 is 22.7 Å². The Balaban J connectivity index is 2.70. The standard InChI is InChI=1S/C11H14N4O2/c1-4-17-11(16)8-5(2)13-10-7(9(8)12)6(3)14-15-10/h4H2,1-3H3,(H3,12,13,14,15). The van der Waals surface area contributed by atoms with Crippen LogP contribution in [0.3, 0.4) is 0 Å². The van der Waals surface area contributed by atoms with Gasteiger partial charge in [-0.2, -0.15) is 5.10 Å². The normalized spacial score (nSPS) is 10.8. The molecule has 3 N–H and O–H groups in total. The molecule has 0 aliphatic rings. The molecule has 0 aromatic carbocycles. The molecule has 0 unspecified atom stereocenters. The van der Waals surface area contributed by atoms with E-state index in [0.29, 0.717) is 34.6 Å². The van der Waals surface area contributed by atoms with E-state index in [9.17, 15) is 4.79 Å². The van der Waals surface area contributed by atoms with Crippen molar-refractivity contribution < 1.29 is 9.53 Å². The number of nitrogens with two attached hydrogens (primary N) is 1. The molecule has 0 aliphatic heterocycles. The van der Waals surface area contributed by atoms with E-state index in [2.05, 4.69) is 15.2 Å². The fourth-order valence-corrected chi connectivity index (χ4v) is 1.82. The van der Waals surface area contributed by atoms with E-state index in [4.69, 9.17) is 10.5 Å². The summed E-state index contributed by atoms with van der Waals surface area (Å²) in [6.45, 7) is 5.60. The highest BCUT2D eigenvalue weighted by molar-refractivity contribution is 6.05. The van der Waals surface area contributed by atoms with Gasteiger partial charge in [0, 0.05) is 5.69 Å². The summed E-state index contributed by atoms with van der Waals surface area (Å²) >= 11 is 0. The molecule has 0 spiro atoms. The molecule has 0 amide bonds. The van der Waals surface area contributed by atoms with Gasteiger partial charge in [-0.1, -0.05) is 0 Å². The number of nitrogens with zero attached hydrogens (tertiary/aromatic N) is 2.